The Bertz CT molecular complexity index is 1480. The number of benzene rings is 3. The summed E-state index contributed by atoms with van der Waals surface area (Å²) in [5.41, 5.74) is 7.16. The van der Waals surface area contributed by atoms with E-state index in [1.54, 1.807) is 0 Å². The molecule has 2 aliphatic heterocycles. The van der Waals surface area contributed by atoms with Crippen LogP contribution in [0.4, 0.5) is 5.69 Å². The Balaban J connectivity index is 1.08. The third kappa shape index (κ3) is 5.48. The monoisotopic (exact) mass is 585 g/mol. The number of hydrogen-bond acceptors (Lipinski definition) is 4. The van der Waals surface area contributed by atoms with Gasteiger partial charge in [0.15, 0.2) is 0 Å². The van der Waals surface area contributed by atoms with Crippen LogP contribution in [-0.2, 0) is 11.3 Å². The van der Waals surface area contributed by atoms with Gasteiger partial charge >= 0.3 is 0 Å². The van der Waals surface area contributed by atoms with Crippen LogP contribution in [0.2, 0.25) is 0 Å². The number of aromatic nitrogens is 2. The molecule has 0 unspecified atom stereocenters. The van der Waals surface area contributed by atoms with Gasteiger partial charge in [0.1, 0.15) is 5.82 Å². The molecule has 2 aliphatic rings. The Morgan fingerprint density at radius 2 is 1.62 bits per heavy atom. The number of hydrogen-bond donors (Lipinski definition) is 0. The second-order valence-electron chi connectivity index (χ2n) is 11.0. The number of anilines is 1. The van der Waals surface area contributed by atoms with Crippen molar-refractivity contribution < 1.29 is 4.79 Å². The lowest BCUT2D eigenvalue weighted by Crippen LogP contribution is -2.51. The third-order valence-corrected chi connectivity index (χ3v) is 8.94. The van der Waals surface area contributed by atoms with Crippen molar-refractivity contribution in [2.24, 2.45) is 5.92 Å². The topological polar surface area (TPSA) is 44.6 Å². The molecule has 2 saturated heterocycles. The van der Waals surface area contributed by atoms with E-state index in [0.717, 1.165) is 85.7 Å². The number of imidazole rings is 1. The van der Waals surface area contributed by atoms with Crippen LogP contribution in [-0.4, -0.2) is 64.5 Å². The minimum absolute atomic E-state index is 0.123. The summed E-state index contributed by atoms with van der Waals surface area (Å²) >= 11 is 3.63. The van der Waals surface area contributed by atoms with E-state index in [0.29, 0.717) is 5.91 Å². The van der Waals surface area contributed by atoms with Gasteiger partial charge in [-0.15, -0.1) is 0 Å². The molecule has 6 nitrogen and oxygen atoms in total. The molecule has 3 heterocycles. The van der Waals surface area contributed by atoms with Gasteiger partial charge in [-0.1, -0.05) is 40.2 Å². The van der Waals surface area contributed by atoms with Crippen molar-refractivity contribution in [1.29, 1.82) is 0 Å². The smallest absolute Gasteiger partial charge is 0.225 e. The van der Waals surface area contributed by atoms with Crippen molar-refractivity contribution in [1.82, 2.24) is 19.4 Å². The van der Waals surface area contributed by atoms with Crippen LogP contribution in [0.1, 0.15) is 29.8 Å². The first-order chi connectivity index (χ1) is 19.0. The quantitative estimate of drug-likeness (QED) is 0.289. The molecule has 0 spiro atoms. The van der Waals surface area contributed by atoms with Crippen LogP contribution >= 0.6 is 15.9 Å². The molecule has 1 amide bonds. The lowest BCUT2D eigenvalue weighted by atomic mass is 9.95. The van der Waals surface area contributed by atoms with Gasteiger partial charge in [-0.25, -0.2) is 4.98 Å². The van der Waals surface area contributed by atoms with Crippen molar-refractivity contribution in [2.75, 3.05) is 44.2 Å². The minimum atomic E-state index is 0.123. The van der Waals surface area contributed by atoms with Crippen molar-refractivity contribution in [2.45, 2.75) is 33.2 Å². The molecule has 0 radical (unpaired) electrons. The van der Waals surface area contributed by atoms with Gasteiger partial charge in [-0.2, -0.15) is 0 Å². The molecule has 0 bridgehead atoms. The predicted octanol–water partition coefficient (Wildman–Crippen LogP) is 5.97. The summed E-state index contributed by atoms with van der Waals surface area (Å²) in [5.74, 6) is 1.51. The summed E-state index contributed by atoms with van der Waals surface area (Å²) in [4.78, 5) is 25.4. The number of piperazine rings is 1. The summed E-state index contributed by atoms with van der Waals surface area (Å²) < 4.78 is 3.32. The van der Waals surface area contributed by atoms with Crippen molar-refractivity contribution in [3.8, 4) is 5.69 Å². The van der Waals surface area contributed by atoms with Gasteiger partial charge in [0.25, 0.3) is 0 Å². The van der Waals surface area contributed by atoms with E-state index in [2.05, 4.69) is 104 Å². The van der Waals surface area contributed by atoms with E-state index in [1.807, 2.05) is 12.1 Å². The number of carbonyl (C=O) groups excluding carboxylic acids is 1. The second kappa shape index (κ2) is 11.1. The molecular formula is C32H36BrN5O. The largest absolute Gasteiger partial charge is 0.368 e. The molecule has 0 aliphatic carbocycles. The van der Waals surface area contributed by atoms with Crippen molar-refractivity contribution >= 4 is 38.6 Å². The Morgan fingerprint density at radius 1 is 0.846 bits per heavy atom. The van der Waals surface area contributed by atoms with Crippen molar-refractivity contribution in [3.05, 3.63) is 88.2 Å². The maximum atomic E-state index is 13.4. The van der Waals surface area contributed by atoms with Gasteiger partial charge in [-0.3, -0.25) is 14.3 Å². The molecule has 0 atom stereocenters. The molecule has 1 aromatic heterocycles. The van der Waals surface area contributed by atoms with E-state index in [9.17, 15) is 4.79 Å². The number of aryl methyl sites for hydroxylation is 2. The first kappa shape index (κ1) is 26.1. The number of nitrogens with zero attached hydrogens (tertiary/aromatic N) is 5. The van der Waals surface area contributed by atoms with Gasteiger partial charge in [0.05, 0.1) is 17.6 Å². The fourth-order valence-electron chi connectivity index (χ4n) is 5.99. The van der Waals surface area contributed by atoms with E-state index in [1.165, 1.54) is 16.8 Å². The highest BCUT2D eigenvalue weighted by Gasteiger charge is 2.31. The molecule has 6 rings (SSSR count). The molecular weight excluding hydrogens is 550 g/mol. The average molecular weight is 587 g/mol. The second-order valence-corrected chi connectivity index (χ2v) is 11.9. The molecule has 0 saturated carbocycles. The average Bonchev–Trinajstić information content (AvgIpc) is 3.32. The molecule has 3 aromatic carbocycles. The van der Waals surface area contributed by atoms with Crippen LogP contribution in [0.25, 0.3) is 16.7 Å². The first-order valence-corrected chi connectivity index (χ1v) is 14.8. The number of rotatable bonds is 5. The SMILES string of the molecule is Cc1ccc(N2CCN(C(=O)C3CCN(Cc4nc5ccccc5n4-c4cccc(Br)c4)CC3)CC2)cc1C. The maximum absolute atomic E-state index is 13.4. The number of halogens is 1. The minimum Gasteiger partial charge on any atom is -0.368 e. The fourth-order valence-corrected chi connectivity index (χ4v) is 6.38. The number of amides is 1. The van der Waals surface area contributed by atoms with Gasteiger partial charge in [-0.05, 0) is 93.4 Å². The molecule has 4 aromatic rings. The van der Waals surface area contributed by atoms with E-state index in [-0.39, 0.29) is 5.92 Å². The molecule has 0 N–H and O–H groups in total. The summed E-state index contributed by atoms with van der Waals surface area (Å²) in [7, 11) is 0. The zero-order valence-electron chi connectivity index (χ0n) is 22.8. The predicted molar refractivity (Wildman–Crippen MR) is 161 cm³/mol. The van der Waals surface area contributed by atoms with E-state index < -0.39 is 0 Å². The summed E-state index contributed by atoms with van der Waals surface area (Å²) in [6.07, 6.45) is 1.82. The molecule has 202 valence electrons. The molecule has 7 heteroatoms. The highest BCUT2D eigenvalue weighted by atomic mass is 79.9. The summed E-state index contributed by atoms with van der Waals surface area (Å²) in [6, 6.07) is 23.4. The van der Waals surface area contributed by atoms with Gasteiger partial charge in [0.2, 0.25) is 5.91 Å². The van der Waals surface area contributed by atoms with E-state index >= 15 is 0 Å². The zero-order valence-corrected chi connectivity index (χ0v) is 24.4. The van der Waals surface area contributed by atoms with Gasteiger partial charge in [0, 0.05) is 47.9 Å². The maximum Gasteiger partial charge on any atom is 0.225 e. The highest BCUT2D eigenvalue weighted by molar-refractivity contribution is 9.10. The Morgan fingerprint density at radius 3 is 2.36 bits per heavy atom. The Hall–Kier alpha value is -3.16. The number of para-hydroxylation sites is 2. The van der Waals surface area contributed by atoms with E-state index in [4.69, 9.17) is 4.98 Å². The Kier molecular flexibility index (Phi) is 7.45. The lowest BCUT2D eigenvalue weighted by Gasteiger charge is -2.39. The number of piperidine rings is 1. The highest BCUT2D eigenvalue weighted by Crippen LogP contribution is 2.27. The standard InChI is InChI=1S/C32H36BrN5O/c1-23-10-11-27(20-24(23)2)36-16-18-37(19-17-36)32(39)25-12-14-35(15-13-25)22-31-34-29-8-3-4-9-30(29)38(31)28-7-5-6-26(33)21-28/h3-11,20-21,25H,12-19,22H2,1-2H3. The number of fused-ring (bicyclic) bond motifs is 1. The normalized spacial score (nSPS) is 17.2. The zero-order chi connectivity index (χ0) is 26.9. The summed E-state index contributed by atoms with van der Waals surface area (Å²) in [5, 5.41) is 0. The van der Waals surface area contributed by atoms with Crippen LogP contribution in [0, 0.1) is 19.8 Å². The van der Waals surface area contributed by atoms with Crippen LogP contribution in [0.5, 0.6) is 0 Å². The van der Waals surface area contributed by atoms with Gasteiger partial charge < -0.3 is 9.80 Å². The van der Waals surface area contributed by atoms with Crippen molar-refractivity contribution in [3.63, 3.8) is 0 Å². The third-order valence-electron chi connectivity index (χ3n) is 8.45. The summed E-state index contributed by atoms with van der Waals surface area (Å²) in [6.45, 7) is 10.3. The fraction of sp³-hybridized carbons (Fsp3) is 0.375. The lowest BCUT2D eigenvalue weighted by molar-refractivity contribution is -0.137. The van der Waals surface area contributed by atoms with Crippen LogP contribution < -0.4 is 4.90 Å². The molecule has 2 fully saturated rings. The van der Waals surface area contributed by atoms with Crippen LogP contribution in [0.15, 0.2) is 71.2 Å². The first-order valence-electron chi connectivity index (χ1n) is 14.0. The molecule has 39 heavy (non-hydrogen) atoms. The number of carbonyl (C=O) groups is 1. The number of likely N-dealkylation sites (tertiary alicyclic amines) is 1. The Labute approximate surface area is 239 Å². The van der Waals surface area contributed by atoms with Crippen LogP contribution in [0.3, 0.4) is 0 Å².